The van der Waals surface area contributed by atoms with Crippen LogP contribution >= 0.6 is 23.2 Å². The molecular weight excluding hydrogens is 829 g/mol. The molecule has 0 heterocycles. The monoisotopic (exact) mass is 887 g/mol. The topological polar surface area (TPSA) is 116 Å². The van der Waals surface area contributed by atoms with Crippen molar-refractivity contribution < 1.29 is 38.1 Å². The molecule has 0 radical (unpaired) electrons. The van der Waals surface area contributed by atoms with Gasteiger partial charge < -0.3 is 38.8 Å². The lowest BCUT2D eigenvalue weighted by atomic mass is 9.96. The molecule has 0 bridgehead atoms. The van der Waals surface area contributed by atoms with Crippen LogP contribution in [0.5, 0.6) is 11.5 Å². The Balaban J connectivity index is 1.48. The zero-order chi connectivity index (χ0) is 45.0. The van der Waals surface area contributed by atoms with Crippen LogP contribution < -0.4 is 14.8 Å². The van der Waals surface area contributed by atoms with Gasteiger partial charge in [0, 0.05) is 45.8 Å². The average molecular weight is 889 g/mol. The molecule has 1 atom stereocenters. The second kappa shape index (κ2) is 22.3. The largest absolute Gasteiger partial charge is 0.490 e. The van der Waals surface area contributed by atoms with Gasteiger partial charge >= 0.3 is 6.09 Å². The third-order valence-electron chi connectivity index (χ3n) is 10.3. The Morgan fingerprint density at radius 2 is 1.45 bits per heavy atom. The number of hydrogen-bond donors (Lipinski definition) is 1. The molecule has 1 aliphatic carbocycles. The number of aryl methyl sites for hydroxylation is 3. The fourth-order valence-electron chi connectivity index (χ4n) is 6.81. The molecule has 3 amide bonds. The van der Waals surface area contributed by atoms with Crippen LogP contribution in [0.2, 0.25) is 10.0 Å². The number of methoxy groups -OCH3 is 2. The molecular formula is C49H59Cl2N3O8. The molecule has 0 spiro atoms. The molecule has 1 aliphatic rings. The van der Waals surface area contributed by atoms with E-state index < -0.39 is 29.9 Å². The van der Waals surface area contributed by atoms with Crippen LogP contribution in [0.15, 0.2) is 91.0 Å². The number of benzene rings is 4. The van der Waals surface area contributed by atoms with Crippen LogP contribution in [-0.4, -0.2) is 85.7 Å². The highest BCUT2D eigenvalue weighted by Crippen LogP contribution is 2.34. The van der Waals surface area contributed by atoms with Gasteiger partial charge in [-0.05, 0) is 118 Å². The smallest absolute Gasteiger partial charge is 0.408 e. The first kappa shape index (κ1) is 48.0. The van der Waals surface area contributed by atoms with Crippen molar-refractivity contribution in [2.75, 3.05) is 34.0 Å². The van der Waals surface area contributed by atoms with Crippen LogP contribution in [0.4, 0.5) is 4.79 Å². The number of ether oxygens (including phenoxy) is 5. The number of alkyl carbamates (subject to hydrolysis) is 1. The predicted octanol–water partition coefficient (Wildman–Crippen LogP) is 9.88. The maximum absolute atomic E-state index is 14.9. The number of nitrogens with zero attached hydrogens (tertiary/aromatic N) is 2. The van der Waals surface area contributed by atoms with Gasteiger partial charge in [0.05, 0.1) is 16.6 Å². The van der Waals surface area contributed by atoms with E-state index in [2.05, 4.69) is 37.4 Å². The van der Waals surface area contributed by atoms with Gasteiger partial charge in [-0.1, -0.05) is 83.9 Å². The Bertz CT molecular complexity index is 2140. The van der Waals surface area contributed by atoms with E-state index in [4.69, 9.17) is 46.9 Å². The van der Waals surface area contributed by atoms with E-state index >= 15 is 0 Å². The maximum atomic E-state index is 14.9. The highest BCUT2D eigenvalue weighted by molar-refractivity contribution is 6.37. The lowest BCUT2D eigenvalue weighted by Crippen LogP contribution is -2.51. The number of hydrogen-bond acceptors (Lipinski definition) is 8. The van der Waals surface area contributed by atoms with Gasteiger partial charge in [0.1, 0.15) is 30.6 Å². The summed E-state index contributed by atoms with van der Waals surface area (Å²) >= 11 is 12.7. The Morgan fingerprint density at radius 3 is 2.05 bits per heavy atom. The molecule has 62 heavy (non-hydrogen) atoms. The molecule has 1 fully saturated rings. The first-order chi connectivity index (χ1) is 29.5. The number of amides is 3. The predicted molar refractivity (Wildman–Crippen MR) is 244 cm³/mol. The second-order valence-electron chi connectivity index (χ2n) is 16.6. The molecule has 1 saturated carbocycles. The maximum Gasteiger partial charge on any atom is 0.408 e. The fourth-order valence-corrected chi connectivity index (χ4v) is 7.51. The molecule has 0 aromatic heterocycles. The van der Waals surface area contributed by atoms with Crippen LogP contribution in [-0.2, 0) is 36.9 Å². The number of carbonyl (C=O) groups is 3. The summed E-state index contributed by atoms with van der Waals surface area (Å²) in [6, 6.07) is 25.5. The minimum Gasteiger partial charge on any atom is -0.490 e. The van der Waals surface area contributed by atoms with Crippen LogP contribution in [0.1, 0.15) is 73.4 Å². The highest BCUT2D eigenvalue weighted by atomic mass is 35.5. The zero-order valence-corrected chi connectivity index (χ0v) is 38.5. The Kier molecular flexibility index (Phi) is 17.3. The van der Waals surface area contributed by atoms with Crippen molar-refractivity contribution in [3.05, 3.63) is 134 Å². The van der Waals surface area contributed by atoms with Crippen molar-refractivity contribution in [1.29, 1.82) is 0 Å². The third kappa shape index (κ3) is 14.5. The van der Waals surface area contributed by atoms with E-state index in [-0.39, 0.29) is 44.7 Å². The first-order valence-corrected chi connectivity index (χ1v) is 21.6. The summed E-state index contributed by atoms with van der Waals surface area (Å²) in [7, 11) is 3.00. The Hall–Kier alpha value is -5.07. The summed E-state index contributed by atoms with van der Waals surface area (Å²) in [6.07, 6.45) is 1.81. The molecule has 0 unspecified atom stereocenters. The van der Waals surface area contributed by atoms with Gasteiger partial charge in [0.15, 0.2) is 12.0 Å². The highest BCUT2D eigenvalue weighted by Gasteiger charge is 2.34. The van der Waals surface area contributed by atoms with E-state index in [1.165, 1.54) is 19.8 Å². The molecule has 1 N–H and O–H groups in total. The van der Waals surface area contributed by atoms with Crippen molar-refractivity contribution in [2.24, 2.45) is 0 Å². The van der Waals surface area contributed by atoms with Gasteiger partial charge in [-0.3, -0.25) is 9.59 Å². The number of rotatable bonds is 20. The minimum atomic E-state index is -1.16. The minimum absolute atomic E-state index is 0.0476. The van der Waals surface area contributed by atoms with E-state index in [1.54, 1.807) is 56.0 Å². The van der Waals surface area contributed by atoms with Gasteiger partial charge in [0.2, 0.25) is 11.8 Å². The van der Waals surface area contributed by atoms with Crippen LogP contribution in [0.25, 0.3) is 5.57 Å². The lowest BCUT2D eigenvalue weighted by Gasteiger charge is -2.31. The number of nitrogens with one attached hydrogen (secondary N) is 1. The first-order valence-electron chi connectivity index (χ1n) is 20.8. The van der Waals surface area contributed by atoms with Crippen molar-refractivity contribution >= 4 is 46.7 Å². The molecule has 5 rings (SSSR count). The summed E-state index contributed by atoms with van der Waals surface area (Å²) in [5.74, 6) is 0.328. The van der Waals surface area contributed by atoms with Gasteiger partial charge in [-0.25, -0.2) is 4.79 Å². The van der Waals surface area contributed by atoms with Gasteiger partial charge in [0.25, 0.3) is 0 Å². The zero-order valence-electron chi connectivity index (χ0n) is 37.0. The summed E-state index contributed by atoms with van der Waals surface area (Å²) < 4.78 is 28.6. The van der Waals surface area contributed by atoms with Crippen molar-refractivity contribution in [1.82, 2.24) is 15.1 Å². The molecule has 0 aliphatic heterocycles. The van der Waals surface area contributed by atoms with E-state index in [0.717, 1.165) is 35.1 Å². The molecule has 4 aromatic rings. The molecule has 11 nitrogen and oxygen atoms in total. The number of halogens is 2. The van der Waals surface area contributed by atoms with Gasteiger partial charge in [-0.2, -0.15) is 0 Å². The van der Waals surface area contributed by atoms with Crippen LogP contribution in [0.3, 0.4) is 0 Å². The summed E-state index contributed by atoms with van der Waals surface area (Å²) in [6.45, 7) is 12.4. The Labute approximate surface area is 376 Å². The normalized spacial score (nSPS) is 13.4. The molecule has 332 valence electrons. The van der Waals surface area contributed by atoms with Crippen molar-refractivity contribution in [3.8, 4) is 11.5 Å². The second-order valence-corrected chi connectivity index (χ2v) is 17.4. The summed E-state index contributed by atoms with van der Waals surface area (Å²) in [4.78, 5) is 46.3. The van der Waals surface area contributed by atoms with Gasteiger partial charge in [-0.15, -0.1) is 0 Å². The lowest BCUT2D eigenvalue weighted by molar-refractivity contribution is -0.148. The molecule has 13 heteroatoms. The van der Waals surface area contributed by atoms with E-state index in [0.29, 0.717) is 39.2 Å². The summed E-state index contributed by atoms with van der Waals surface area (Å²) in [5.41, 5.74) is 5.50. The van der Waals surface area contributed by atoms with Crippen molar-refractivity contribution in [2.45, 2.75) is 97.9 Å². The van der Waals surface area contributed by atoms with E-state index in [1.807, 2.05) is 54.3 Å². The van der Waals surface area contributed by atoms with E-state index in [9.17, 15) is 14.4 Å². The average Bonchev–Trinajstić information content (AvgIpc) is 4.07. The standard InChI is InChI=1S/C49H59Cl2N3O8/c1-32-24-41(50)46(42(51)25-32)61-23-22-60-40-20-16-37(17-21-40)38(28-44(55)54(39-18-19-39)30-36-15-14-33(2)34(3)26-36)27-43(52-48(57)62-49(4,5)6)47(56)53(31-45(58-7)59-8)29-35-12-10-9-11-13-35/h9-17,20-21,24-26,28,39,43,45H,18-19,22-23,27,29-31H2,1-8H3,(H,52,57)/b38-28-/t43-/m1/s1. The molecule has 0 saturated heterocycles. The molecule has 4 aromatic carbocycles. The SMILES string of the molecule is COC(CN(Cc1ccccc1)C(=O)[C@@H](C/C(=C/C(=O)N(Cc1ccc(C)c(C)c1)C1CC1)c1ccc(OCCOc2c(Cl)cc(C)cc2Cl)cc1)NC(=O)OC(C)(C)C)OC. The number of carbonyl (C=O) groups excluding carboxylic acids is 3. The fraction of sp³-hybridized carbons (Fsp3) is 0.408. The third-order valence-corrected chi connectivity index (χ3v) is 10.9. The Morgan fingerprint density at radius 1 is 0.806 bits per heavy atom. The summed E-state index contributed by atoms with van der Waals surface area (Å²) in [5, 5.41) is 3.69. The quantitative estimate of drug-likeness (QED) is 0.0530. The van der Waals surface area contributed by atoms with Crippen LogP contribution in [0, 0.1) is 20.8 Å². The van der Waals surface area contributed by atoms with Crippen molar-refractivity contribution in [3.63, 3.8) is 0 Å².